The summed E-state index contributed by atoms with van der Waals surface area (Å²) in [4.78, 5) is 18.7. The second-order valence-electron chi connectivity index (χ2n) is 8.59. The summed E-state index contributed by atoms with van der Waals surface area (Å²) in [5.41, 5.74) is 5.39. The van der Waals surface area contributed by atoms with E-state index in [1.165, 1.54) is 13.0 Å². The normalized spacial score (nSPS) is 10.1. The quantitative estimate of drug-likeness (QED) is 0.121. The molecule has 0 saturated heterocycles. The fourth-order valence-electron chi connectivity index (χ4n) is 3.63. The zero-order valence-electron chi connectivity index (χ0n) is 22.4. The summed E-state index contributed by atoms with van der Waals surface area (Å²) in [5, 5.41) is 7.42. The van der Waals surface area contributed by atoms with Crippen LogP contribution in [0.15, 0.2) is 0 Å². The number of aliphatic carboxylic acids is 1. The van der Waals surface area contributed by atoms with Gasteiger partial charge in [-0.2, -0.15) is 0 Å². The van der Waals surface area contributed by atoms with E-state index in [1.807, 2.05) is 0 Å². The topological polar surface area (TPSA) is 63.6 Å². The minimum Gasteiger partial charge on any atom is -0.544 e. The smallest absolute Gasteiger partial charge is 0.300 e. The number of esters is 1. The number of ether oxygens (including phenoxy) is 1. The molecule has 0 aliphatic carbocycles. The van der Waals surface area contributed by atoms with Crippen molar-refractivity contribution in [2.75, 3.05) is 7.11 Å². The Balaban J connectivity index is -0.000000101. The summed E-state index contributed by atoms with van der Waals surface area (Å²) in [6.45, 7) is 29.3. The second-order valence-corrected chi connectivity index (χ2v) is 16.6. The van der Waals surface area contributed by atoms with Crippen LogP contribution in [0.25, 0.3) is 0 Å². The molecule has 1 radical (unpaired) electrons. The van der Waals surface area contributed by atoms with E-state index in [-0.39, 0.29) is 35.3 Å². The molecule has 0 amide bonds. The van der Waals surface area contributed by atoms with Gasteiger partial charge in [0.25, 0.3) is 5.97 Å². The van der Waals surface area contributed by atoms with Gasteiger partial charge in [-0.15, -0.1) is 0 Å². The zero-order valence-corrected chi connectivity index (χ0v) is 25.8. The molecule has 0 aliphatic rings. The molecular formula is C24H49O4P2Rh-. The van der Waals surface area contributed by atoms with Gasteiger partial charge in [-0.25, -0.2) is 5.92 Å². The summed E-state index contributed by atoms with van der Waals surface area (Å²) >= 11 is 0. The van der Waals surface area contributed by atoms with Crippen molar-refractivity contribution in [3.05, 3.63) is 6.42 Å². The summed E-state index contributed by atoms with van der Waals surface area (Å²) in [6.07, 6.45) is 6.08. The van der Waals surface area contributed by atoms with E-state index in [0.29, 0.717) is 0 Å². The van der Waals surface area contributed by atoms with E-state index in [1.54, 1.807) is 0 Å². The van der Waals surface area contributed by atoms with Gasteiger partial charge in [0.05, 0.1) is 7.11 Å². The molecule has 0 atom stereocenters. The second kappa shape index (κ2) is 24.6. The van der Waals surface area contributed by atoms with Crippen LogP contribution in [0.4, 0.5) is 0 Å². The maximum absolute atomic E-state index is 9.66. The van der Waals surface area contributed by atoms with Gasteiger partial charge in [0, 0.05) is 26.4 Å². The molecule has 0 spiro atoms. The maximum atomic E-state index is 9.66. The van der Waals surface area contributed by atoms with Crippen LogP contribution in [0.3, 0.4) is 0 Å². The predicted molar refractivity (Wildman–Crippen MR) is 137 cm³/mol. The van der Waals surface area contributed by atoms with E-state index in [0.717, 1.165) is 40.9 Å². The number of carboxylic acids is 1. The van der Waals surface area contributed by atoms with Crippen LogP contribution < -0.4 is 0 Å². The number of carboxylic acid groups (broad SMARTS) is 1. The standard InChI is InChI=1S/2C9H21P.C4H3O2.C2H4O2.Rh/c2*1-7(2)10(8(3)4)9(5)6;1-3-4(5)6-2;1-2(3)4;/h2*7-9H,1-6H3;2H3;1H3,(H,3,4);/q;;-1;;. The number of hydrogen-bond acceptors (Lipinski definition) is 3. The Kier molecular flexibility index (Phi) is 32.8. The first-order valence-corrected chi connectivity index (χ1v) is 13.8. The molecule has 0 bridgehead atoms. The molecular weight excluding hydrogens is 517 g/mol. The van der Waals surface area contributed by atoms with E-state index >= 15 is 0 Å². The maximum Gasteiger partial charge on any atom is 0.300 e. The molecule has 0 aromatic carbocycles. The molecule has 31 heavy (non-hydrogen) atoms. The largest absolute Gasteiger partial charge is 0.544 e. The minimum absolute atomic E-state index is 0. The number of methoxy groups -OCH3 is 1. The minimum atomic E-state index is -0.833. The Hall–Kier alpha value is -0.0166. The van der Waals surface area contributed by atoms with Crippen LogP contribution >= 0.6 is 15.8 Å². The number of carbonyl (C=O) groups excluding carboxylic acids is 1. The van der Waals surface area contributed by atoms with E-state index in [2.05, 4.69) is 87.8 Å². The molecule has 0 aromatic heterocycles. The third-order valence-electron chi connectivity index (χ3n) is 3.87. The van der Waals surface area contributed by atoms with Crippen molar-refractivity contribution < 1.29 is 38.9 Å². The van der Waals surface area contributed by atoms with Gasteiger partial charge < -0.3 is 21.1 Å². The molecule has 0 heterocycles. The molecule has 189 valence electrons. The summed E-state index contributed by atoms with van der Waals surface area (Å²) in [6, 6.07) is 0. The molecule has 1 N–H and O–H groups in total. The molecule has 0 unspecified atom stereocenters. The van der Waals surface area contributed by atoms with E-state index in [4.69, 9.17) is 16.3 Å². The van der Waals surface area contributed by atoms with Gasteiger partial charge in [0.2, 0.25) is 5.97 Å². The SMILES string of the molecule is CC(=O)O.CC(C)P(C(C)C)C(C)C.CC(C)P(C(C)C)C(C)C.[C-]#CC(=O)OC.[Rh]. The van der Waals surface area contributed by atoms with Crippen LogP contribution in [-0.2, 0) is 33.8 Å². The van der Waals surface area contributed by atoms with Crippen LogP contribution in [-0.4, -0.2) is 58.1 Å². The van der Waals surface area contributed by atoms with E-state index in [9.17, 15) is 4.79 Å². The first kappa shape index (κ1) is 41.3. The number of carbonyl (C=O) groups is 2. The summed E-state index contributed by atoms with van der Waals surface area (Å²) < 4.78 is 3.96. The molecule has 4 nitrogen and oxygen atoms in total. The van der Waals surface area contributed by atoms with Crippen molar-refractivity contribution >= 4 is 27.8 Å². The Morgan fingerprint density at radius 1 is 0.710 bits per heavy atom. The number of hydrogen-bond donors (Lipinski definition) is 1. The van der Waals surface area contributed by atoms with Crippen molar-refractivity contribution in [1.82, 2.24) is 0 Å². The van der Waals surface area contributed by atoms with Gasteiger partial charge in [-0.05, 0) is 34.0 Å². The third-order valence-corrected chi connectivity index (χ3v) is 11.0. The monoisotopic (exact) mass is 566 g/mol. The fourth-order valence-corrected chi connectivity index (χ4v) is 10.8. The van der Waals surface area contributed by atoms with Crippen molar-refractivity contribution in [1.29, 1.82) is 0 Å². The molecule has 0 aromatic rings. The third kappa shape index (κ3) is 30.0. The molecule has 0 fully saturated rings. The Labute approximate surface area is 209 Å². The van der Waals surface area contributed by atoms with Gasteiger partial charge in [0.15, 0.2) is 0 Å². The zero-order chi connectivity index (χ0) is 25.2. The van der Waals surface area contributed by atoms with Crippen molar-refractivity contribution in [2.24, 2.45) is 0 Å². The van der Waals surface area contributed by atoms with Crippen molar-refractivity contribution in [3.63, 3.8) is 0 Å². The van der Waals surface area contributed by atoms with Gasteiger partial charge >= 0.3 is 0 Å². The average Bonchev–Trinajstić information content (AvgIpc) is 2.52. The number of rotatable bonds is 6. The Bertz CT molecular complexity index is 405. The summed E-state index contributed by atoms with van der Waals surface area (Å²) in [5.74, 6) is -0.0706. The average molecular weight is 567 g/mol. The Morgan fingerprint density at radius 3 is 0.871 bits per heavy atom. The molecule has 0 aliphatic heterocycles. The molecule has 0 rings (SSSR count). The molecule has 7 heteroatoms. The molecule has 0 saturated carbocycles. The van der Waals surface area contributed by atoms with Gasteiger partial charge in [-0.1, -0.05) is 98.9 Å². The first-order valence-electron chi connectivity index (χ1n) is 10.7. The van der Waals surface area contributed by atoms with Crippen LogP contribution in [0, 0.1) is 12.3 Å². The predicted octanol–water partition coefficient (Wildman–Crippen LogP) is 7.22. The first-order chi connectivity index (χ1) is 13.5. The fraction of sp³-hybridized carbons (Fsp3) is 0.833. The van der Waals surface area contributed by atoms with E-state index < -0.39 is 11.9 Å². The Morgan fingerprint density at radius 2 is 0.871 bits per heavy atom. The van der Waals surface area contributed by atoms with Crippen molar-refractivity contribution in [3.8, 4) is 5.92 Å². The van der Waals surface area contributed by atoms with Crippen LogP contribution in [0.1, 0.15) is 90.0 Å². The van der Waals surface area contributed by atoms with Gasteiger partial charge in [-0.3, -0.25) is 4.79 Å². The van der Waals surface area contributed by atoms with Crippen molar-refractivity contribution in [2.45, 2.75) is 124 Å². The van der Waals surface area contributed by atoms with Gasteiger partial charge in [0.1, 0.15) is 0 Å². The van der Waals surface area contributed by atoms with Crippen LogP contribution in [0.2, 0.25) is 0 Å². The van der Waals surface area contributed by atoms with Crippen LogP contribution in [0.5, 0.6) is 0 Å². The summed E-state index contributed by atoms with van der Waals surface area (Å²) in [7, 11) is 1.72.